The number of anilines is 1. The van der Waals surface area contributed by atoms with E-state index in [-0.39, 0.29) is 41.1 Å². The summed E-state index contributed by atoms with van der Waals surface area (Å²) in [5.41, 5.74) is 0.728. The third-order valence-corrected chi connectivity index (χ3v) is 7.03. The van der Waals surface area contributed by atoms with E-state index < -0.39 is 21.1 Å². The van der Waals surface area contributed by atoms with E-state index >= 15 is 0 Å². The van der Waals surface area contributed by atoms with Gasteiger partial charge in [0, 0.05) is 32.5 Å². The summed E-state index contributed by atoms with van der Waals surface area (Å²) in [5, 5.41) is 5.87. The van der Waals surface area contributed by atoms with Crippen LogP contribution in [0.2, 0.25) is 0 Å². The van der Waals surface area contributed by atoms with Gasteiger partial charge in [0.2, 0.25) is 10.0 Å². The van der Waals surface area contributed by atoms with Crippen molar-refractivity contribution >= 4 is 38.1 Å². The number of benzene rings is 1. The van der Waals surface area contributed by atoms with Gasteiger partial charge in [0.05, 0.1) is 23.4 Å². The van der Waals surface area contributed by atoms with Crippen LogP contribution in [0.4, 0.5) is 9.52 Å². The lowest BCUT2D eigenvalue weighted by Crippen LogP contribution is -2.30. The van der Waals surface area contributed by atoms with Gasteiger partial charge in [0.15, 0.2) is 22.6 Å². The van der Waals surface area contributed by atoms with Crippen molar-refractivity contribution < 1.29 is 27.2 Å². The second-order valence-corrected chi connectivity index (χ2v) is 9.83. The Morgan fingerprint density at radius 1 is 1.21 bits per heavy atom. The number of nitrogens with zero attached hydrogens (tertiary/aromatic N) is 4. The van der Waals surface area contributed by atoms with Gasteiger partial charge in [-0.25, -0.2) is 13.4 Å². The molecule has 0 spiro atoms. The first-order valence-corrected chi connectivity index (χ1v) is 12.1. The number of nitrogens with one attached hydrogen (secondary N) is 1. The lowest BCUT2D eigenvalue weighted by Gasteiger charge is -2.17. The van der Waals surface area contributed by atoms with E-state index in [1.807, 2.05) is 0 Å². The molecule has 1 N–H and O–H groups in total. The highest BCUT2D eigenvalue weighted by atomic mass is 32.2. The van der Waals surface area contributed by atoms with Gasteiger partial charge < -0.3 is 9.57 Å². The SMILES string of the molecule is COCCN(C)S(=O)(=O)c1ccc(C(=NOCc2ccccn2)C(=O)Nc2ncc(F)s2)cc1. The third-order valence-electron chi connectivity index (χ3n) is 4.45. The molecule has 0 saturated carbocycles. The van der Waals surface area contributed by atoms with Gasteiger partial charge in [0.25, 0.3) is 5.91 Å². The molecule has 2 heterocycles. The normalized spacial score (nSPS) is 12.1. The number of pyridine rings is 1. The fraction of sp³-hybridized carbons (Fsp3) is 0.238. The van der Waals surface area contributed by atoms with E-state index in [1.54, 1.807) is 24.4 Å². The molecule has 1 amide bonds. The highest BCUT2D eigenvalue weighted by Gasteiger charge is 2.22. The zero-order valence-electron chi connectivity index (χ0n) is 18.3. The summed E-state index contributed by atoms with van der Waals surface area (Å²) in [6, 6.07) is 10.8. The van der Waals surface area contributed by atoms with Gasteiger partial charge in [0.1, 0.15) is 0 Å². The van der Waals surface area contributed by atoms with Crippen molar-refractivity contribution in [1.29, 1.82) is 0 Å². The number of hydrogen-bond acceptors (Lipinski definition) is 9. The molecule has 10 nitrogen and oxygen atoms in total. The standard InChI is InChI=1S/C21H22FN5O5S2/c1-27(11-12-31-2)34(29,30)17-8-6-15(7-9-17)19(20(28)25-21-24-13-18(22)33-21)26-32-14-16-5-3-4-10-23-16/h3-10,13H,11-12,14H2,1-2H3,(H,24,25,28). The minimum absolute atomic E-state index is 0.000255. The first-order chi connectivity index (χ1) is 16.3. The monoisotopic (exact) mass is 507 g/mol. The Kier molecular flexibility index (Phi) is 8.76. The fourth-order valence-electron chi connectivity index (χ4n) is 2.65. The molecule has 13 heteroatoms. The average molecular weight is 508 g/mol. The minimum Gasteiger partial charge on any atom is -0.389 e. The summed E-state index contributed by atoms with van der Waals surface area (Å²) in [6.45, 7) is 0.428. The molecule has 0 saturated heterocycles. The van der Waals surface area contributed by atoms with Crippen LogP contribution in [0.3, 0.4) is 0 Å². The van der Waals surface area contributed by atoms with Gasteiger partial charge >= 0.3 is 0 Å². The Hall–Kier alpha value is -3.26. The molecule has 0 unspecified atom stereocenters. The quantitative estimate of drug-likeness (QED) is 0.312. The zero-order valence-corrected chi connectivity index (χ0v) is 20.0. The topological polar surface area (TPSA) is 123 Å². The molecule has 0 fully saturated rings. The number of sulfonamides is 1. The smallest absolute Gasteiger partial charge is 0.280 e. The summed E-state index contributed by atoms with van der Waals surface area (Å²) in [6.07, 6.45) is 2.57. The molecule has 0 aliphatic heterocycles. The second-order valence-electron chi connectivity index (χ2n) is 6.80. The molecular weight excluding hydrogens is 485 g/mol. The van der Waals surface area contributed by atoms with Gasteiger partial charge in [-0.1, -0.05) is 34.7 Å². The van der Waals surface area contributed by atoms with E-state index in [0.29, 0.717) is 17.0 Å². The van der Waals surface area contributed by atoms with Crippen molar-refractivity contribution in [3.8, 4) is 0 Å². The Balaban J connectivity index is 1.84. The third kappa shape index (κ3) is 6.63. The highest BCUT2D eigenvalue weighted by molar-refractivity contribution is 7.89. The number of hydrogen-bond donors (Lipinski definition) is 1. The number of carbonyl (C=O) groups is 1. The number of aromatic nitrogens is 2. The van der Waals surface area contributed by atoms with E-state index in [4.69, 9.17) is 9.57 Å². The lowest BCUT2D eigenvalue weighted by atomic mass is 10.1. The highest BCUT2D eigenvalue weighted by Crippen LogP contribution is 2.18. The maximum Gasteiger partial charge on any atom is 0.280 e. The molecule has 1 aromatic carbocycles. The molecule has 0 aliphatic carbocycles. The van der Waals surface area contributed by atoms with Crippen molar-refractivity contribution in [2.45, 2.75) is 11.5 Å². The average Bonchev–Trinajstić information content (AvgIpc) is 3.25. The maximum absolute atomic E-state index is 13.3. The van der Waals surface area contributed by atoms with Crippen molar-refractivity contribution in [3.63, 3.8) is 0 Å². The molecule has 0 radical (unpaired) electrons. The number of thiazole rings is 1. The molecule has 2 aromatic heterocycles. The number of ether oxygens (including phenoxy) is 1. The van der Waals surface area contributed by atoms with Gasteiger partial charge in [-0.2, -0.15) is 8.70 Å². The number of carbonyl (C=O) groups excluding carboxylic acids is 1. The van der Waals surface area contributed by atoms with E-state index in [1.165, 1.54) is 42.7 Å². The van der Waals surface area contributed by atoms with Crippen LogP contribution in [-0.4, -0.2) is 61.6 Å². The first-order valence-electron chi connectivity index (χ1n) is 9.89. The summed E-state index contributed by atoms with van der Waals surface area (Å²) in [7, 11) is -0.820. The second kappa shape index (κ2) is 11.7. The lowest BCUT2D eigenvalue weighted by molar-refractivity contribution is -0.110. The largest absolute Gasteiger partial charge is 0.389 e. The Morgan fingerprint density at radius 2 is 1.97 bits per heavy atom. The van der Waals surface area contributed by atoms with Crippen molar-refractivity contribution in [2.75, 3.05) is 32.6 Å². The number of amides is 1. The van der Waals surface area contributed by atoms with Crippen LogP contribution in [0.5, 0.6) is 0 Å². The van der Waals surface area contributed by atoms with Crippen molar-refractivity contribution in [2.24, 2.45) is 5.16 Å². The molecule has 0 bridgehead atoms. The molecule has 0 aliphatic rings. The van der Waals surface area contributed by atoms with Gasteiger partial charge in [-0.05, 0) is 24.3 Å². The molecule has 3 rings (SSSR count). The predicted octanol–water partition coefficient (Wildman–Crippen LogP) is 2.50. The summed E-state index contributed by atoms with van der Waals surface area (Å²) < 4.78 is 44.8. The van der Waals surface area contributed by atoms with Crippen LogP contribution in [-0.2, 0) is 31.0 Å². The number of oxime groups is 1. The van der Waals surface area contributed by atoms with Crippen LogP contribution in [0, 0.1) is 5.13 Å². The number of halogens is 1. The Bertz CT molecular complexity index is 1230. The number of methoxy groups -OCH3 is 1. The maximum atomic E-state index is 13.3. The van der Waals surface area contributed by atoms with Crippen LogP contribution < -0.4 is 5.32 Å². The number of rotatable bonds is 11. The minimum atomic E-state index is -3.75. The Labute approximate surface area is 200 Å². The fourth-order valence-corrected chi connectivity index (χ4v) is 4.34. The number of likely N-dealkylation sites (N-methyl/N-ethyl adjacent to an activating group) is 1. The molecular formula is C21H22FN5O5S2. The molecule has 34 heavy (non-hydrogen) atoms. The molecule has 3 aromatic rings. The van der Waals surface area contributed by atoms with Gasteiger partial charge in [-0.3, -0.25) is 15.1 Å². The van der Waals surface area contributed by atoms with Crippen LogP contribution in [0.15, 0.2) is 64.9 Å². The van der Waals surface area contributed by atoms with E-state index in [2.05, 4.69) is 20.4 Å². The van der Waals surface area contributed by atoms with Crippen molar-refractivity contribution in [3.05, 3.63) is 71.2 Å². The summed E-state index contributed by atoms with van der Waals surface area (Å²) in [4.78, 5) is 26.1. The summed E-state index contributed by atoms with van der Waals surface area (Å²) >= 11 is 0.654. The predicted molar refractivity (Wildman–Crippen MR) is 124 cm³/mol. The summed E-state index contributed by atoms with van der Waals surface area (Å²) in [5.74, 6) is -0.705. The first kappa shape index (κ1) is 25.4. The van der Waals surface area contributed by atoms with Crippen LogP contribution in [0.25, 0.3) is 0 Å². The van der Waals surface area contributed by atoms with E-state index in [0.717, 1.165) is 6.20 Å². The van der Waals surface area contributed by atoms with Crippen LogP contribution >= 0.6 is 11.3 Å². The van der Waals surface area contributed by atoms with Crippen LogP contribution in [0.1, 0.15) is 11.3 Å². The van der Waals surface area contributed by atoms with Gasteiger partial charge in [-0.15, -0.1) is 0 Å². The zero-order chi connectivity index (χ0) is 24.6. The molecule has 0 atom stereocenters. The van der Waals surface area contributed by atoms with Crippen molar-refractivity contribution in [1.82, 2.24) is 14.3 Å². The Morgan fingerprint density at radius 3 is 2.59 bits per heavy atom. The van der Waals surface area contributed by atoms with E-state index in [9.17, 15) is 17.6 Å². The molecule has 180 valence electrons.